The fourth-order valence-corrected chi connectivity index (χ4v) is 2.51. The van der Waals surface area contributed by atoms with E-state index in [2.05, 4.69) is 36.5 Å². The highest BCUT2D eigenvalue weighted by Crippen LogP contribution is 2.18. The quantitative estimate of drug-likeness (QED) is 0.836. The summed E-state index contributed by atoms with van der Waals surface area (Å²) in [6.07, 6.45) is 4.09. The lowest BCUT2D eigenvalue weighted by molar-refractivity contribution is 0.0844. The highest BCUT2D eigenvalue weighted by atomic mass is 16.3. The molecule has 1 aromatic carbocycles. The van der Waals surface area contributed by atoms with Gasteiger partial charge in [-0.3, -0.25) is 0 Å². The molecule has 2 heteroatoms. The van der Waals surface area contributed by atoms with Crippen LogP contribution in [0.4, 0.5) is 0 Å². The van der Waals surface area contributed by atoms with Crippen LogP contribution in [-0.2, 0) is 6.42 Å². The Balaban J connectivity index is 1.78. The zero-order chi connectivity index (χ0) is 12.1. The highest BCUT2D eigenvalue weighted by molar-refractivity contribution is 5.21. The number of aliphatic hydroxyl groups excluding tert-OH is 1. The van der Waals surface area contributed by atoms with Gasteiger partial charge in [-0.2, -0.15) is 0 Å². The Hall–Kier alpha value is -0.860. The van der Waals surface area contributed by atoms with Crippen LogP contribution in [0.25, 0.3) is 0 Å². The molecule has 0 aliphatic carbocycles. The van der Waals surface area contributed by atoms with Gasteiger partial charge >= 0.3 is 0 Å². The first kappa shape index (κ1) is 12.6. The van der Waals surface area contributed by atoms with Crippen molar-refractivity contribution in [1.29, 1.82) is 0 Å². The van der Waals surface area contributed by atoms with Gasteiger partial charge in [-0.25, -0.2) is 0 Å². The molecule has 0 amide bonds. The second kappa shape index (κ2) is 6.18. The van der Waals surface area contributed by atoms with Crippen LogP contribution in [0.15, 0.2) is 24.3 Å². The van der Waals surface area contributed by atoms with Crippen LogP contribution in [0.1, 0.15) is 30.4 Å². The van der Waals surface area contributed by atoms with E-state index in [1.165, 1.54) is 24.0 Å². The predicted octanol–water partition coefficient (Wildman–Crippen LogP) is 2.29. The van der Waals surface area contributed by atoms with Crippen molar-refractivity contribution in [2.24, 2.45) is 5.92 Å². The Labute approximate surface area is 104 Å². The fourth-order valence-electron chi connectivity index (χ4n) is 2.51. The van der Waals surface area contributed by atoms with Crippen molar-refractivity contribution in [2.45, 2.75) is 38.7 Å². The van der Waals surface area contributed by atoms with Gasteiger partial charge in [0.25, 0.3) is 0 Å². The minimum absolute atomic E-state index is 0.149. The maximum absolute atomic E-state index is 10.1. The average molecular weight is 233 g/mol. The summed E-state index contributed by atoms with van der Waals surface area (Å²) >= 11 is 0. The van der Waals surface area contributed by atoms with Crippen molar-refractivity contribution in [3.8, 4) is 0 Å². The minimum Gasteiger partial charge on any atom is -0.393 e. The van der Waals surface area contributed by atoms with E-state index in [0.29, 0.717) is 5.92 Å². The van der Waals surface area contributed by atoms with Crippen LogP contribution in [-0.4, -0.2) is 24.3 Å². The van der Waals surface area contributed by atoms with Crippen LogP contribution in [0.2, 0.25) is 0 Å². The largest absolute Gasteiger partial charge is 0.393 e. The van der Waals surface area contributed by atoms with Gasteiger partial charge in [0.05, 0.1) is 6.10 Å². The molecular weight excluding hydrogens is 210 g/mol. The van der Waals surface area contributed by atoms with Crippen molar-refractivity contribution in [1.82, 2.24) is 5.32 Å². The monoisotopic (exact) mass is 233 g/mol. The normalized spacial score (nSPS) is 22.4. The number of hydrogen-bond donors (Lipinski definition) is 2. The number of aliphatic hydroxyl groups is 1. The van der Waals surface area contributed by atoms with Crippen molar-refractivity contribution in [3.05, 3.63) is 35.4 Å². The van der Waals surface area contributed by atoms with Crippen LogP contribution in [0, 0.1) is 12.8 Å². The van der Waals surface area contributed by atoms with Gasteiger partial charge < -0.3 is 10.4 Å². The number of benzene rings is 1. The average Bonchev–Trinajstić information content (AvgIpc) is 2.39. The zero-order valence-electron chi connectivity index (χ0n) is 10.7. The van der Waals surface area contributed by atoms with E-state index in [0.717, 1.165) is 25.9 Å². The van der Waals surface area contributed by atoms with E-state index in [1.807, 2.05) is 0 Å². The smallest absolute Gasteiger partial charge is 0.0583 e. The molecule has 0 spiro atoms. The Morgan fingerprint density at radius 2 is 2.12 bits per heavy atom. The molecule has 0 radical (unpaired) electrons. The van der Waals surface area contributed by atoms with Crippen molar-refractivity contribution in [2.75, 3.05) is 13.1 Å². The Bertz CT molecular complexity index is 327. The molecule has 1 aliphatic heterocycles. The summed E-state index contributed by atoms with van der Waals surface area (Å²) in [5.74, 6) is 0.453. The van der Waals surface area contributed by atoms with Crippen molar-refractivity contribution >= 4 is 0 Å². The first-order chi connectivity index (χ1) is 8.25. The maximum atomic E-state index is 10.1. The topological polar surface area (TPSA) is 32.3 Å². The van der Waals surface area contributed by atoms with E-state index in [4.69, 9.17) is 0 Å². The molecule has 17 heavy (non-hydrogen) atoms. The third kappa shape index (κ3) is 3.83. The van der Waals surface area contributed by atoms with Gasteiger partial charge in [0.2, 0.25) is 0 Å². The first-order valence-corrected chi connectivity index (χ1v) is 6.70. The summed E-state index contributed by atoms with van der Waals surface area (Å²) in [6.45, 7) is 4.20. The first-order valence-electron chi connectivity index (χ1n) is 6.70. The van der Waals surface area contributed by atoms with Crippen LogP contribution < -0.4 is 5.32 Å². The molecule has 2 rings (SSSR count). The van der Waals surface area contributed by atoms with Gasteiger partial charge in [-0.1, -0.05) is 29.8 Å². The Morgan fingerprint density at radius 3 is 2.76 bits per heavy atom. The van der Waals surface area contributed by atoms with E-state index < -0.39 is 0 Å². The number of aryl methyl sites for hydroxylation is 2. The van der Waals surface area contributed by atoms with Crippen molar-refractivity contribution < 1.29 is 5.11 Å². The summed E-state index contributed by atoms with van der Waals surface area (Å²) < 4.78 is 0. The summed E-state index contributed by atoms with van der Waals surface area (Å²) in [4.78, 5) is 0. The molecule has 2 N–H and O–H groups in total. The molecular formula is C15H23NO. The molecule has 0 saturated carbocycles. The SMILES string of the molecule is Cc1ccc(CCC(O)C2CCCNC2)cc1. The highest BCUT2D eigenvalue weighted by Gasteiger charge is 2.20. The molecule has 2 atom stereocenters. The molecule has 0 aromatic heterocycles. The van der Waals surface area contributed by atoms with E-state index in [1.54, 1.807) is 0 Å². The molecule has 2 unspecified atom stereocenters. The third-order valence-corrected chi connectivity index (χ3v) is 3.73. The standard InChI is InChI=1S/C15H23NO/c1-12-4-6-13(7-5-12)8-9-15(17)14-3-2-10-16-11-14/h4-7,14-17H,2-3,8-11H2,1H3. The van der Waals surface area contributed by atoms with Crippen LogP contribution in [0.5, 0.6) is 0 Å². The van der Waals surface area contributed by atoms with Crippen LogP contribution in [0.3, 0.4) is 0 Å². The van der Waals surface area contributed by atoms with Gasteiger partial charge in [0.15, 0.2) is 0 Å². The summed E-state index contributed by atoms with van der Waals surface area (Å²) in [6, 6.07) is 8.62. The Kier molecular flexibility index (Phi) is 4.57. The predicted molar refractivity (Wildman–Crippen MR) is 71.1 cm³/mol. The lowest BCUT2D eigenvalue weighted by Crippen LogP contribution is -2.36. The lowest BCUT2D eigenvalue weighted by Gasteiger charge is -2.27. The van der Waals surface area contributed by atoms with E-state index in [-0.39, 0.29) is 6.10 Å². The number of piperidine rings is 1. The molecule has 1 heterocycles. The fraction of sp³-hybridized carbons (Fsp3) is 0.600. The lowest BCUT2D eigenvalue weighted by atomic mass is 9.90. The summed E-state index contributed by atoms with van der Waals surface area (Å²) in [7, 11) is 0. The van der Waals surface area contributed by atoms with Crippen LogP contribution >= 0.6 is 0 Å². The van der Waals surface area contributed by atoms with Gasteiger partial charge in [-0.15, -0.1) is 0 Å². The summed E-state index contributed by atoms with van der Waals surface area (Å²) in [5, 5.41) is 13.5. The second-order valence-corrected chi connectivity index (χ2v) is 5.20. The van der Waals surface area contributed by atoms with E-state index in [9.17, 15) is 5.11 Å². The molecule has 0 bridgehead atoms. The summed E-state index contributed by atoms with van der Waals surface area (Å²) in [5.41, 5.74) is 2.63. The second-order valence-electron chi connectivity index (χ2n) is 5.20. The molecule has 2 nitrogen and oxygen atoms in total. The minimum atomic E-state index is -0.149. The zero-order valence-corrected chi connectivity index (χ0v) is 10.7. The number of nitrogens with one attached hydrogen (secondary N) is 1. The molecule has 1 aromatic rings. The molecule has 1 saturated heterocycles. The number of rotatable bonds is 4. The van der Waals surface area contributed by atoms with Gasteiger partial charge in [-0.05, 0) is 50.6 Å². The molecule has 1 aliphatic rings. The molecule has 1 fully saturated rings. The van der Waals surface area contributed by atoms with Gasteiger partial charge in [0.1, 0.15) is 0 Å². The number of hydrogen-bond acceptors (Lipinski definition) is 2. The maximum Gasteiger partial charge on any atom is 0.0583 e. The van der Waals surface area contributed by atoms with E-state index >= 15 is 0 Å². The molecule has 94 valence electrons. The van der Waals surface area contributed by atoms with Gasteiger partial charge in [0, 0.05) is 6.54 Å². The van der Waals surface area contributed by atoms with Crippen molar-refractivity contribution in [3.63, 3.8) is 0 Å². The Morgan fingerprint density at radius 1 is 1.35 bits per heavy atom. The third-order valence-electron chi connectivity index (χ3n) is 3.73.